The van der Waals surface area contributed by atoms with Crippen LogP contribution in [0.4, 0.5) is 0 Å². The van der Waals surface area contributed by atoms with Crippen LogP contribution in [0.1, 0.15) is 34.3 Å². The van der Waals surface area contributed by atoms with Gasteiger partial charge in [0.25, 0.3) is 0 Å². The molecule has 0 amide bonds. The lowest BCUT2D eigenvalue weighted by Gasteiger charge is -2.02. The van der Waals surface area contributed by atoms with E-state index >= 15 is 0 Å². The second-order valence-electron chi connectivity index (χ2n) is 3.10. The van der Waals surface area contributed by atoms with E-state index < -0.39 is 12.1 Å². The highest BCUT2D eigenvalue weighted by Crippen LogP contribution is 2.28. The van der Waals surface area contributed by atoms with Crippen molar-refractivity contribution in [1.29, 1.82) is 0 Å². The lowest BCUT2D eigenvalue weighted by Crippen LogP contribution is -2.04. The van der Waals surface area contributed by atoms with Gasteiger partial charge < -0.3 is 10.2 Å². The molecule has 1 unspecified atom stereocenters. The van der Waals surface area contributed by atoms with Crippen molar-refractivity contribution in [3.63, 3.8) is 0 Å². The molecule has 1 aromatic rings. The van der Waals surface area contributed by atoms with Crippen molar-refractivity contribution in [2.75, 3.05) is 0 Å². The molecule has 1 aliphatic rings. The van der Waals surface area contributed by atoms with E-state index in [1.54, 1.807) is 6.07 Å². The van der Waals surface area contributed by atoms with Crippen LogP contribution in [0, 0.1) is 0 Å². The number of aliphatic hydroxyl groups excluding tert-OH is 1. The SMILES string of the molecule is O=C(O)c1ccc2c(n1)C(O)CC2. The van der Waals surface area contributed by atoms with Gasteiger partial charge in [-0.2, -0.15) is 0 Å². The molecule has 2 rings (SSSR count). The Balaban J connectivity index is 2.47. The topological polar surface area (TPSA) is 70.4 Å². The number of carbonyl (C=O) groups is 1. The van der Waals surface area contributed by atoms with Crippen LogP contribution in [0.5, 0.6) is 0 Å². The molecule has 1 atom stereocenters. The monoisotopic (exact) mass is 179 g/mol. The van der Waals surface area contributed by atoms with Crippen LogP contribution in [0.15, 0.2) is 12.1 Å². The molecular formula is C9H9NO3. The molecule has 0 bridgehead atoms. The van der Waals surface area contributed by atoms with Gasteiger partial charge in [0.05, 0.1) is 11.8 Å². The van der Waals surface area contributed by atoms with Gasteiger partial charge in [-0.15, -0.1) is 0 Å². The maximum absolute atomic E-state index is 10.6. The van der Waals surface area contributed by atoms with Crippen molar-refractivity contribution >= 4 is 5.97 Å². The predicted molar refractivity (Wildman–Crippen MR) is 44.5 cm³/mol. The number of carboxylic acids is 1. The summed E-state index contributed by atoms with van der Waals surface area (Å²) in [5.74, 6) is -1.05. The Morgan fingerprint density at radius 3 is 3.00 bits per heavy atom. The van der Waals surface area contributed by atoms with Crippen LogP contribution < -0.4 is 0 Å². The highest BCUT2D eigenvalue weighted by Gasteiger charge is 2.22. The van der Waals surface area contributed by atoms with E-state index in [1.807, 2.05) is 0 Å². The highest BCUT2D eigenvalue weighted by molar-refractivity contribution is 5.85. The van der Waals surface area contributed by atoms with Gasteiger partial charge in [-0.3, -0.25) is 0 Å². The third-order valence-electron chi connectivity index (χ3n) is 2.23. The van der Waals surface area contributed by atoms with E-state index in [2.05, 4.69) is 4.98 Å². The van der Waals surface area contributed by atoms with Crippen molar-refractivity contribution < 1.29 is 15.0 Å². The molecule has 4 heteroatoms. The summed E-state index contributed by atoms with van der Waals surface area (Å²) in [6.07, 6.45) is 0.837. The Kier molecular flexibility index (Phi) is 1.77. The normalized spacial score (nSPS) is 19.9. The van der Waals surface area contributed by atoms with Gasteiger partial charge in [0.15, 0.2) is 0 Å². The molecule has 0 aliphatic heterocycles. The zero-order valence-corrected chi connectivity index (χ0v) is 6.90. The third-order valence-corrected chi connectivity index (χ3v) is 2.23. The summed E-state index contributed by atoms with van der Waals surface area (Å²) in [7, 11) is 0. The Morgan fingerprint density at radius 2 is 2.31 bits per heavy atom. The van der Waals surface area contributed by atoms with E-state index in [-0.39, 0.29) is 5.69 Å². The molecule has 13 heavy (non-hydrogen) atoms. The first-order chi connectivity index (χ1) is 6.18. The van der Waals surface area contributed by atoms with Gasteiger partial charge >= 0.3 is 5.97 Å². The summed E-state index contributed by atoms with van der Waals surface area (Å²) >= 11 is 0. The minimum atomic E-state index is -1.05. The fraction of sp³-hybridized carbons (Fsp3) is 0.333. The van der Waals surface area contributed by atoms with Crippen molar-refractivity contribution in [3.05, 3.63) is 29.1 Å². The summed E-state index contributed by atoms with van der Waals surface area (Å²) in [4.78, 5) is 14.4. The number of fused-ring (bicyclic) bond motifs is 1. The number of aromatic carboxylic acids is 1. The van der Waals surface area contributed by atoms with Gasteiger partial charge in [-0.05, 0) is 24.5 Å². The van der Waals surface area contributed by atoms with Crippen LogP contribution >= 0.6 is 0 Å². The first-order valence-corrected chi connectivity index (χ1v) is 4.09. The first-order valence-electron chi connectivity index (χ1n) is 4.09. The van der Waals surface area contributed by atoms with Crippen LogP contribution in [0.2, 0.25) is 0 Å². The van der Waals surface area contributed by atoms with Gasteiger partial charge in [0, 0.05) is 0 Å². The van der Waals surface area contributed by atoms with Crippen molar-refractivity contribution in [1.82, 2.24) is 4.98 Å². The zero-order chi connectivity index (χ0) is 9.42. The number of rotatable bonds is 1. The fourth-order valence-electron chi connectivity index (χ4n) is 1.55. The van der Waals surface area contributed by atoms with Crippen LogP contribution in [-0.2, 0) is 6.42 Å². The summed E-state index contributed by atoms with van der Waals surface area (Å²) in [5, 5.41) is 18.1. The van der Waals surface area contributed by atoms with Gasteiger partial charge in [0.1, 0.15) is 5.69 Å². The van der Waals surface area contributed by atoms with Gasteiger partial charge in [-0.1, -0.05) is 6.07 Å². The molecule has 1 aromatic heterocycles. The van der Waals surface area contributed by atoms with Crippen LogP contribution in [-0.4, -0.2) is 21.2 Å². The lowest BCUT2D eigenvalue weighted by molar-refractivity contribution is 0.0689. The Hall–Kier alpha value is -1.42. The molecular weight excluding hydrogens is 170 g/mol. The number of aromatic nitrogens is 1. The molecule has 0 saturated carbocycles. The van der Waals surface area contributed by atoms with Gasteiger partial charge in [0.2, 0.25) is 0 Å². The molecule has 0 spiro atoms. The molecule has 2 N–H and O–H groups in total. The van der Waals surface area contributed by atoms with Gasteiger partial charge in [-0.25, -0.2) is 9.78 Å². The average Bonchev–Trinajstić information content (AvgIpc) is 2.47. The number of hydrogen-bond donors (Lipinski definition) is 2. The Bertz CT molecular complexity index is 362. The number of pyridine rings is 1. The number of nitrogens with zero attached hydrogens (tertiary/aromatic N) is 1. The molecule has 1 heterocycles. The number of aryl methyl sites for hydroxylation is 1. The van der Waals surface area contributed by atoms with E-state index in [1.165, 1.54) is 6.07 Å². The molecule has 68 valence electrons. The van der Waals surface area contributed by atoms with Crippen molar-refractivity contribution in [2.45, 2.75) is 18.9 Å². The maximum Gasteiger partial charge on any atom is 0.354 e. The van der Waals surface area contributed by atoms with E-state index in [0.29, 0.717) is 12.1 Å². The maximum atomic E-state index is 10.6. The summed E-state index contributed by atoms with van der Waals surface area (Å²) in [5.41, 5.74) is 1.48. The molecule has 1 aliphatic carbocycles. The first kappa shape index (κ1) is 8.19. The highest BCUT2D eigenvalue weighted by atomic mass is 16.4. The van der Waals surface area contributed by atoms with Crippen LogP contribution in [0.25, 0.3) is 0 Å². The minimum absolute atomic E-state index is 0.000278. The molecule has 0 saturated heterocycles. The van der Waals surface area contributed by atoms with Crippen molar-refractivity contribution in [2.24, 2.45) is 0 Å². The average molecular weight is 179 g/mol. The second-order valence-corrected chi connectivity index (χ2v) is 3.10. The van der Waals surface area contributed by atoms with E-state index in [4.69, 9.17) is 5.11 Å². The third kappa shape index (κ3) is 1.29. The molecule has 0 fully saturated rings. The summed E-state index contributed by atoms with van der Waals surface area (Å²) in [6, 6.07) is 3.20. The van der Waals surface area contributed by atoms with E-state index in [0.717, 1.165) is 12.0 Å². The summed E-state index contributed by atoms with van der Waals surface area (Å²) in [6.45, 7) is 0. The molecule has 4 nitrogen and oxygen atoms in total. The van der Waals surface area contributed by atoms with Crippen molar-refractivity contribution in [3.8, 4) is 0 Å². The largest absolute Gasteiger partial charge is 0.477 e. The van der Waals surface area contributed by atoms with E-state index in [9.17, 15) is 9.90 Å². The van der Waals surface area contributed by atoms with Crippen LogP contribution in [0.3, 0.4) is 0 Å². The number of hydrogen-bond acceptors (Lipinski definition) is 3. The Morgan fingerprint density at radius 1 is 1.54 bits per heavy atom. The Labute approximate surface area is 74.9 Å². The zero-order valence-electron chi connectivity index (χ0n) is 6.90. The molecule has 0 radical (unpaired) electrons. The summed E-state index contributed by atoms with van der Waals surface area (Å²) < 4.78 is 0. The minimum Gasteiger partial charge on any atom is -0.477 e. The molecule has 0 aromatic carbocycles. The lowest BCUT2D eigenvalue weighted by atomic mass is 10.2. The second kappa shape index (κ2) is 2.81. The number of aliphatic hydroxyl groups is 1. The standard InChI is InChI=1S/C9H9NO3/c11-7-4-2-5-1-3-6(9(12)13)10-8(5)7/h1,3,7,11H,2,4H2,(H,12,13). The fourth-order valence-corrected chi connectivity index (χ4v) is 1.55. The smallest absolute Gasteiger partial charge is 0.354 e. The predicted octanol–water partition coefficient (Wildman–Crippen LogP) is 0.759. The quantitative estimate of drug-likeness (QED) is 0.667. The number of carboxylic acid groups (broad SMARTS) is 1.